The van der Waals surface area contributed by atoms with Gasteiger partial charge in [0.1, 0.15) is 5.75 Å². The first-order valence-corrected chi connectivity index (χ1v) is 7.60. The molecule has 0 aliphatic rings. The van der Waals surface area contributed by atoms with Crippen molar-refractivity contribution in [3.8, 4) is 5.75 Å². The fourth-order valence-electron chi connectivity index (χ4n) is 2.04. The molecule has 0 aliphatic carbocycles. The van der Waals surface area contributed by atoms with Gasteiger partial charge in [-0.1, -0.05) is 11.6 Å². The van der Waals surface area contributed by atoms with E-state index in [2.05, 4.69) is 16.0 Å². The second kappa shape index (κ2) is 8.21. The van der Waals surface area contributed by atoms with Gasteiger partial charge in [0, 0.05) is 23.3 Å². The quantitative estimate of drug-likeness (QED) is 0.748. The van der Waals surface area contributed by atoms with Crippen LogP contribution >= 0.6 is 11.6 Å². The van der Waals surface area contributed by atoms with Gasteiger partial charge in [-0.05, 0) is 42.5 Å². The summed E-state index contributed by atoms with van der Waals surface area (Å²) in [6, 6.07) is 12.0. The molecule has 0 bridgehead atoms. The molecule has 24 heavy (non-hydrogen) atoms. The smallest absolute Gasteiger partial charge is 0.243 e. The summed E-state index contributed by atoms with van der Waals surface area (Å²) >= 11 is 5.94. The Kier molecular flexibility index (Phi) is 6.03. The Morgan fingerprint density at radius 1 is 1.04 bits per heavy atom. The van der Waals surface area contributed by atoms with E-state index >= 15 is 0 Å². The van der Waals surface area contributed by atoms with E-state index in [-0.39, 0.29) is 18.4 Å². The molecule has 126 valence electrons. The third-order valence-corrected chi connectivity index (χ3v) is 3.33. The largest absolute Gasteiger partial charge is 0.495 e. The molecule has 0 fully saturated rings. The normalized spacial score (nSPS) is 9.96. The summed E-state index contributed by atoms with van der Waals surface area (Å²) in [6.07, 6.45) is 0. The number of rotatable bonds is 6. The Bertz CT molecular complexity index is 732. The molecule has 0 saturated carbocycles. The zero-order valence-corrected chi connectivity index (χ0v) is 14.1. The average Bonchev–Trinajstić information content (AvgIpc) is 2.54. The first-order valence-electron chi connectivity index (χ1n) is 7.23. The summed E-state index contributed by atoms with van der Waals surface area (Å²) in [6.45, 7) is 1.50. The molecule has 0 spiro atoms. The standard InChI is InChI=1S/C17H18ClN3O3/c1-11(22)20-13-4-6-14(7-5-13)21-17(23)10-19-15-9-12(18)3-8-16(15)24-2/h3-9,19H,10H2,1-2H3,(H,20,22)(H,21,23). The van der Waals surface area contributed by atoms with E-state index in [0.717, 1.165) is 0 Å². The summed E-state index contributed by atoms with van der Waals surface area (Å²) in [7, 11) is 1.55. The number of ether oxygens (including phenoxy) is 1. The fourth-order valence-corrected chi connectivity index (χ4v) is 2.21. The Balaban J connectivity index is 1.91. The average molecular weight is 348 g/mol. The minimum Gasteiger partial charge on any atom is -0.495 e. The lowest BCUT2D eigenvalue weighted by Crippen LogP contribution is -2.22. The molecule has 0 atom stereocenters. The van der Waals surface area contributed by atoms with Gasteiger partial charge in [-0.3, -0.25) is 9.59 Å². The van der Waals surface area contributed by atoms with E-state index in [0.29, 0.717) is 27.8 Å². The van der Waals surface area contributed by atoms with E-state index in [4.69, 9.17) is 16.3 Å². The maximum atomic E-state index is 12.0. The molecule has 2 aromatic carbocycles. The van der Waals surface area contributed by atoms with Crippen molar-refractivity contribution in [2.24, 2.45) is 0 Å². The number of carbonyl (C=O) groups is 2. The Hall–Kier alpha value is -2.73. The van der Waals surface area contributed by atoms with Gasteiger partial charge >= 0.3 is 0 Å². The molecule has 2 amide bonds. The van der Waals surface area contributed by atoms with Crippen LogP contribution in [0, 0.1) is 0 Å². The predicted molar refractivity (Wildman–Crippen MR) is 95.9 cm³/mol. The Labute approximate surface area is 145 Å². The van der Waals surface area contributed by atoms with Crippen molar-refractivity contribution < 1.29 is 14.3 Å². The fraction of sp³-hybridized carbons (Fsp3) is 0.176. The lowest BCUT2D eigenvalue weighted by molar-refractivity contribution is -0.115. The summed E-state index contributed by atoms with van der Waals surface area (Å²) in [5.41, 5.74) is 1.94. The molecule has 6 nitrogen and oxygen atoms in total. The molecule has 0 aliphatic heterocycles. The van der Waals surface area contributed by atoms with Gasteiger partial charge in [0.15, 0.2) is 0 Å². The molecule has 0 aromatic heterocycles. The number of carbonyl (C=O) groups excluding carboxylic acids is 2. The van der Waals surface area contributed by atoms with Crippen LogP contribution in [0.2, 0.25) is 5.02 Å². The highest BCUT2D eigenvalue weighted by molar-refractivity contribution is 6.30. The molecular formula is C17H18ClN3O3. The SMILES string of the molecule is COc1ccc(Cl)cc1NCC(=O)Nc1ccc(NC(C)=O)cc1. The molecule has 0 unspecified atom stereocenters. The number of nitrogens with one attached hydrogen (secondary N) is 3. The maximum absolute atomic E-state index is 12.0. The highest BCUT2D eigenvalue weighted by Gasteiger charge is 2.07. The van der Waals surface area contributed by atoms with Gasteiger partial charge in [-0.15, -0.1) is 0 Å². The second-order valence-electron chi connectivity index (χ2n) is 5.00. The van der Waals surface area contributed by atoms with Crippen LogP contribution in [0.4, 0.5) is 17.1 Å². The van der Waals surface area contributed by atoms with Crippen LogP contribution in [0.1, 0.15) is 6.92 Å². The van der Waals surface area contributed by atoms with Gasteiger partial charge in [0.2, 0.25) is 11.8 Å². The number of halogens is 1. The molecule has 2 aromatic rings. The van der Waals surface area contributed by atoms with Crippen LogP contribution < -0.4 is 20.7 Å². The highest BCUT2D eigenvalue weighted by atomic mass is 35.5. The van der Waals surface area contributed by atoms with Gasteiger partial charge < -0.3 is 20.7 Å². The number of anilines is 3. The molecule has 0 saturated heterocycles. The predicted octanol–water partition coefficient (Wildman–Crippen LogP) is 3.36. The van der Waals surface area contributed by atoms with Crippen LogP contribution in [0.3, 0.4) is 0 Å². The summed E-state index contributed by atoms with van der Waals surface area (Å²) in [5.74, 6) is 0.239. The third kappa shape index (κ3) is 5.17. The van der Waals surface area contributed by atoms with E-state index in [1.165, 1.54) is 6.92 Å². The highest BCUT2D eigenvalue weighted by Crippen LogP contribution is 2.27. The minimum absolute atomic E-state index is 0.0597. The van der Waals surface area contributed by atoms with Gasteiger partial charge in [0.25, 0.3) is 0 Å². The lowest BCUT2D eigenvalue weighted by Gasteiger charge is -2.12. The van der Waals surface area contributed by atoms with Crippen LogP contribution in [0.15, 0.2) is 42.5 Å². The van der Waals surface area contributed by atoms with Crippen molar-refractivity contribution >= 4 is 40.5 Å². The summed E-state index contributed by atoms with van der Waals surface area (Å²) < 4.78 is 5.21. The number of methoxy groups -OCH3 is 1. The second-order valence-corrected chi connectivity index (χ2v) is 5.44. The number of hydrogen-bond acceptors (Lipinski definition) is 4. The van der Waals surface area contributed by atoms with Gasteiger partial charge in [0.05, 0.1) is 19.3 Å². The number of amides is 2. The first kappa shape index (κ1) is 17.6. The van der Waals surface area contributed by atoms with Crippen LogP contribution in [0.5, 0.6) is 5.75 Å². The lowest BCUT2D eigenvalue weighted by atomic mass is 10.2. The van der Waals surface area contributed by atoms with Crippen molar-refractivity contribution in [1.82, 2.24) is 0 Å². The zero-order valence-electron chi connectivity index (χ0n) is 13.4. The van der Waals surface area contributed by atoms with Crippen molar-refractivity contribution in [3.63, 3.8) is 0 Å². The zero-order chi connectivity index (χ0) is 17.5. The van der Waals surface area contributed by atoms with Gasteiger partial charge in [-0.2, -0.15) is 0 Å². The molecule has 3 N–H and O–H groups in total. The summed E-state index contributed by atoms with van der Waals surface area (Å²) in [5, 5.41) is 8.95. The van der Waals surface area contributed by atoms with Crippen LogP contribution in [-0.2, 0) is 9.59 Å². The third-order valence-electron chi connectivity index (χ3n) is 3.09. The topological polar surface area (TPSA) is 79.5 Å². The Morgan fingerprint density at radius 2 is 1.67 bits per heavy atom. The van der Waals surface area contributed by atoms with Crippen LogP contribution in [-0.4, -0.2) is 25.5 Å². The molecule has 0 heterocycles. The van der Waals surface area contributed by atoms with E-state index in [9.17, 15) is 9.59 Å². The molecule has 0 radical (unpaired) electrons. The van der Waals surface area contributed by atoms with Gasteiger partial charge in [-0.25, -0.2) is 0 Å². The number of hydrogen-bond donors (Lipinski definition) is 3. The van der Waals surface area contributed by atoms with Crippen LogP contribution in [0.25, 0.3) is 0 Å². The van der Waals surface area contributed by atoms with Crippen molar-refractivity contribution in [3.05, 3.63) is 47.5 Å². The van der Waals surface area contributed by atoms with E-state index < -0.39 is 0 Å². The first-order chi connectivity index (χ1) is 11.5. The Morgan fingerprint density at radius 3 is 2.25 bits per heavy atom. The monoisotopic (exact) mass is 347 g/mol. The van der Waals surface area contributed by atoms with E-state index in [1.54, 1.807) is 49.6 Å². The van der Waals surface area contributed by atoms with Crippen molar-refractivity contribution in [2.45, 2.75) is 6.92 Å². The van der Waals surface area contributed by atoms with Crippen molar-refractivity contribution in [1.29, 1.82) is 0 Å². The van der Waals surface area contributed by atoms with E-state index in [1.807, 2.05) is 0 Å². The van der Waals surface area contributed by atoms with Crippen molar-refractivity contribution in [2.75, 3.05) is 29.6 Å². The number of benzene rings is 2. The molecular weight excluding hydrogens is 330 g/mol. The molecule has 7 heteroatoms. The minimum atomic E-state index is -0.218. The summed E-state index contributed by atoms with van der Waals surface area (Å²) in [4.78, 5) is 23.0. The maximum Gasteiger partial charge on any atom is 0.243 e. The molecule has 2 rings (SSSR count).